The second kappa shape index (κ2) is 6.52. The van der Waals surface area contributed by atoms with Crippen LogP contribution in [0.2, 0.25) is 0 Å². The summed E-state index contributed by atoms with van der Waals surface area (Å²) in [6.45, 7) is -0.767. The molecule has 0 radical (unpaired) electrons. The highest BCUT2D eigenvalue weighted by Crippen LogP contribution is 2.34. The van der Waals surface area contributed by atoms with Gasteiger partial charge in [0.1, 0.15) is 11.5 Å². The molecule has 1 aliphatic rings. The number of carboxylic acid groups (broad SMARTS) is 1. The van der Waals surface area contributed by atoms with Crippen molar-refractivity contribution in [1.82, 2.24) is 4.90 Å². The maximum Gasteiger partial charge on any atom is 0.293 e. The fourth-order valence-corrected chi connectivity index (χ4v) is 2.69. The normalized spacial score (nSPS) is 16.3. The van der Waals surface area contributed by atoms with Crippen molar-refractivity contribution in [3.63, 3.8) is 0 Å². The number of amides is 2. The van der Waals surface area contributed by atoms with Crippen LogP contribution in [0, 0.1) is 0 Å². The highest BCUT2D eigenvalue weighted by molar-refractivity contribution is 8.18. The maximum atomic E-state index is 12.1. The molecule has 7 nitrogen and oxygen atoms in total. The number of hydrogen-bond acceptors (Lipinski definition) is 7. The van der Waals surface area contributed by atoms with E-state index in [0.29, 0.717) is 33.7 Å². The topological polar surface area (TPSA) is 96.0 Å². The number of carbonyl (C=O) groups is 3. The lowest BCUT2D eigenvalue weighted by Gasteiger charge is -2.12. The minimum Gasteiger partial charge on any atom is -0.548 e. The molecule has 22 heavy (non-hydrogen) atoms. The fraction of sp³-hybridized carbons (Fsp3) is 0.214. The Morgan fingerprint density at radius 3 is 2.64 bits per heavy atom. The van der Waals surface area contributed by atoms with E-state index in [1.54, 1.807) is 18.2 Å². The highest BCUT2D eigenvalue weighted by atomic mass is 32.2. The van der Waals surface area contributed by atoms with Gasteiger partial charge in [0.15, 0.2) is 0 Å². The zero-order valence-electron chi connectivity index (χ0n) is 11.8. The van der Waals surface area contributed by atoms with Crippen molar-refractivity contribution < 1.29 is 29.0 Å². The molecule has 8 heteroatoms. The third kappa shape index (κ3) is 3.22. The van der Waals surface area contributed by atoms with Crippen molar-refractivity contribution >= 4 is 35.0 Å². The molecule has 0 aromatic heterocycles. The minimum absolute atomic E-state index is 0.109. The van der Waals surface area contributed by atoms with Crippen molar-refractivity contribution in [2.24, 2.45) is 0 Å². The number of carbonyl (C=O) groups excluding carboxylic acids is 3. The van der Waals surface area contributed by atoms with Gasteiger partial charge in [0.2, 0.25) is 0 Å². The molecule has 116 valence electrons. The summed E-state index contributed by atoms with van der Waals surface area (Å²) >= 11 is 0.662. The van der Waals surface area contributed by atoms with Gasteiger partial charge in [-0.25, -0.2) is 0 Å². The predicted octanol–water partition coefficient (Wildman–Crippen LogP) is 0.490. The predicted molar refractivity (Wildman–Crippen MR) is 77.2 cm³/mol. The number of aliphatic carboxylic acids is 1. The molecule has 2 rings (SSSR count). The van der Waals surface area contributed by atoms with Gasteiger partial charge in [0.05, 0.1) is 31.6 Å². The van der Waals surface area contributed by atoms with E-state index >= 15 is 0 Å². The van der Waals surface area contributed by atoms with Crippen LogP contribution in [0.5, 0.6) is 11.5 Å². The van der Waals surface area contributed by atoms with Crippen LogP contribution in [0.4, 0.5) is 4.79 Å². The lowest BCUT2D eigenvalue weighted by molar-refractivity contribution is -0.305. The molecule has 0 unspecified atom stereocenters. The van der Waals surface area contributed by atoms with Crippen LogP contribution in [-0.2, 0) is 9.59 Å². The summed E-state index contributed by atoms with van der Waals surface area (Å²) in [4.78, 5) is 35.0. The van der Waals surface area contributed by atoms with E-state index in [-0.39, 0.29) is 4.91 Å². The molecular formula is C14H12NO6S-. The first-order valence-electron chi connectivity index (χ1n) is 6.13. The van der Waals surface area contributed by atoms with Gasteiger partial charge in [0.25, 0.3) is 11.1 Å². The first-order chi connectivity index (χ1) is 10.5. The first-order valence-corrected chi connectivity index (χ1v) is 6.95. The number of nitrogens with zero attached hydrogens (tertiary/aromatic N) is 1. The lowest BCUT2D eigenvalue weighted by Crippen LogP contribution is -2.40. The second-order valence-electron chi connectivity index (χ2n) is 4.25. The molecule has 1 aliphatic heterocycles. The minimum atomic E-state index is -1.50. The van der Waals surface area contributed by atoms with Crippen LogP contribution in [0.15, 0.2) is 23.1 Å². The number of imide groups is 1. The maximum absolute atomic E-state index is 12.1. The van der Waals surface area contributed by atoms with Crippen LogP contribution >= 0.6 is 11.8 Å². The van der Waals surface area contributed by atoms with E-state index in [1.165, 1.54) is 20.3 Å². The van der Waals surface area contributed by atoms with E-state index < -0.39 is 23.7 Å². The molecule has 0 bridgehead atoms. The molecule has 0 atom stereocenters. The molecule has 0 saturated carbocycles. The number of carboxylic acids is 1. The fourth-order valence-electron chi connectivity index (χ4n) is 1.86. The Kier molecular flexibility index (Phi) is 4.71. The molecule has 1 fully saturated rings. The van der Waals surface area contributed by atoms with Crippen molar-refractivity contribution in [2.45, 2.75) is 0 Å². The average Bonchev–Trinajstić information content (AvgIpc) is 2.74. The summed E-state index contributed by atoms with van der Waals surface area (Å²) in [5.74, 6) is -1.12. The third-order valence-corrected chi connectivity index (χ3v) is 3.79. The van der Waals surface area contributed by atoms with Gasteiger partial charge in [-0.2, -0.15) is 0 Å². The summed E-state index contributed by atoms with van der Waals surface area (Å²) in [6, 6.07) is 5.00. The van der Waals surface area contributed by atoms with Crippen LogP contribution in [0.1, 0.15) is 5.56 Å². The summed E-state index contributed by atoms with van der Waals surface area (Å²) in [7, 11) is 2.97. The van der Waals surface area contributed by atoms with Gasteiger partial charge in [-0.1, -0.05) is 0 Å². The SMILES string of the molecule is COc1ccc(OC)c(/C=C2/SC(=O)N(CC(=O)[O-])C2=O)c1. The summed E-state index contributed by atoms with van der Waals surface area (Å²) in [5.41, 5.74) is 0.542. The van der Waals surface area contributed by atoms with Crippen molar-refractivity contribution in [1.29, 1.82) is 0 Å². The summed E-state index contributed by atoms with van der Waals surface area (Å²) in [6.07, 6.45) is 1.46. The summed E-state index contributed by atoms with van der Waals surface area (Å²) in [5, 5.41) is 9.92. The van der Waals surface area contributed by atoms with Gasteiger partial charge in [-0.15, -0.1) is 0 Å². The number of rotatable bonds is 5. The Hall–Kier alpha value is -2.48. The number of hydrogen-bond donors (Lipinski definition) is 0. The van der Waals surface area contributed by atoms with Crippen LogP contribution < -0.4 is 14.6 Å². The monoisotopic (exact) mass is 322 g/mol. The quantitative estimate of drug-likeness (QED) is 0.728. The molecule has 0 aliphatic carbocycles. The van der Waals surface area contributed by atoms with Gasteiger partial charge < -0.3 is 19.4 Å². The Labute approximate surface area is 130 Å². The molecule has 0 N–H and O–H groups in total. The molecule has 1 aromatic rings. The van der Waals surface area contributed by atoms with Crippen LogP contribution in [-0.4, -0.2) is 42.8 Å². The van der Waals surface area contributed by atoms with Crippen LogP contribution in [0.3, 0.4) is 0 Å². The standard InChI is InChI=1S/C14H13NO6S/c1-20-9-3-4-10(21-2)8(5-9)6-11-13(18)15(7-12(16)17)14(19)22-11/h3-6H,7H2,1-2H3,(H,16,17)/p-1/b11-6+. The van der Waals surface area contributed by atoms with E-state index in [1.807, 2.05) is 0 Å². The van der Waals surface area contributed by atoms with Crippen molar-refractivity contribution in [2.75, 3.05) is 20.8 Å². The Morgan fingerprint density at radius 1 is 1.32 bits per heavy atom. The molecule has 1 aromatic carbocycles. The summed E-state index contributed by atoms with van der Waals surface area (Å²) < 4.78 is 10.3. The highest BCUT2D eigenvalue weighted by Gasteiger charge is 2.35. The number of benzene rings is 1. The van der Waals surface area contributed by atoms with Crippen molar-refractivity contribution in [3.05, 3.63) is 28.7 Å². The van der Waals surface area contributed by atoms with Gasteiger partial charge >= 0.3 is 0 Å². The Balaban J connectivity index is 2.36. The van der Waals surface area contributed by atoms with E-state index in [0.717, 1.165) is 0 Å². The molecule has 1 saturated heterocycles. The number of thioether (sulfide) groups is 1. The van der Waals surface area contributed by atoms with E-state index in [9.17, 15) is 19.5 Å². The third-order valence-electron chi connectivity index (χ3n) is 2.88. The molecular weight excluding hydrogens is 310 g/mol. The first kappa shape index (κ1) is 15.9. The average molecular weight is 322 g/mol. The zero-order valence-corrected chi connectivity index (χ0v) is 12.6. The zero-order chi connectivity index (χ0) is 16.3. The molecule has 2 amide bonds. The van der Waals surface area contributed by atoms with Gasteiger partial charge in [-0.05, 0) is 36.0 Å². The second-order valence-corrected chi connectivity index (χ2v) is 5.24. The smallest absolute Gasteiger partial charge is 0.293 e. The largest absolute Gasteiger partial charge is 0.548 e. The lowest BCUT2D eigenvalue weighted by atomic mass is 10.1. The van der Waals surface area contributed by atoms with E-state index in [2.05, 4.69) is 0 Å². The molecule has 0 spiro atoms. The van der Waals surface area contributed by atoms with Gasteiger partial charge in [-0.3, -0.25) is 14.5 Å². The number of methoxy groups -OCH3 is 2. The van der Waals surface area contributed by atoms with Crippen molar-refractivity contribution in [3.8, 4) is 11.5 Å². The Morgan fingerprint density at radius 2 is 2.05 bits per heavy atom. The van der Waals surface area contributed by atoms with Crippen LogP contribution in [0.25, 0.3) is 6.08 Å². The Bertz CT molecular complexity index is 669. The van der Waals surface area contributed by atoms with E-state index in [4.69, 9.17) is 9.47 Å². The number of ether oxygens (including phenoxy) is 2. The molecule has 1 heterocycles. The van der Waals surface area contributed by atoms with Gasteiger partial charge in [0, 0.05) is 5.56 Å².